The molecule has 2 aromatic carbocycles. The fourth-order valence-corrected chi connectivity index (χ4v) is 1.40. The van der Waals surface area contributed by atoms with Crippen molar-refractivity contribution in [2.75, 3.05) is 0 Å². The van der Waals surface area contributed by atoms with E-state index < -0.39 is 5.97 Å². The maximum atomic E-state index is 10.7. The molecule has 0 heterocycles. The Bertz CT molecular complexity index is 508. The van der Waals surface area contributed by atoms with Gasteiger partial charge in [-0.05, 0) is 22.9 Å². The molecule has 2 rings (SSSR count). The van der Waals surface area contributed by atoms with Crippen molar-refractivity contribution in [1.82, 2.24) is 0 Å². The molecule has 0 aliphatic carbocycles. The van der Waals surface area contributed by atoms with Crippen LogP contribution in [0.3, 0.4) is 0 Å². The van der Waals surface area contributed by atoms with E-state index >= 15 is 0 Å². The Hall–Kier alpha value is -0.770. The fourth-order valence-electron chi connectivity index (χ4n) is 1.40. The monoisotopic (exact) mass is 230 g/mol. The van der Waals surface area contributed by atoms with Crippen LogP contribution in [-0.4, -0.2) is 53.9 Å². The molecular weight excluding hydrogens is 220 g/mol. The second kappa shape index (κ2) is 4.84. The number of hydrogen-bond acceptors (Lipinski definition) is 2. The van der Waals surface area contributed by atoms with Gasteiger partial charge in [0.05, 0.1) is 0 Å². The van der Waals surface area contributed by atoms with E-state index in [9.17, 15) is 9.90 Å². The van der Waals surface area contributed by atoms with Gasteiger partial charge in [-0.25, -0.2) is 4.79 Å². The SMILES string of the molecule is O=C(O)c1cc2ccccc2cc1O.[CaH2]. The van der Waals surface area contributed by atoms with E-state index in [2.05, 4.69) is 0 Å². The summed E-state index contributed by atoms with van der Waals surface area (Å²) in [5.74, 6) is -1.32. The number of aromatic hydroxyl groups is 1. The van der Waals surface area contributed by atoms with Crippen molar-refractivity contribution in [2.45, 2.75) is 0 Å². The van der Waals surface area contributed by atoms with Crippen molar-refractivity contribution in [3.8, 4) is 5.75 Å². The Labute approximate surface area is 116 Å². The first-order valence-corrected chi connectivity index (χ1v) is 4.13. The summed E-state index contributed by atoms with van der Waals surface area (Å²) in [6.45, 7) is 0. The summed E-state index contributed by atoms with van der Waals surface area (Å²) >= 11 is 0. The molecule has 0 amide bonds. The molecule has 3 nitrogen and oxygen atoms in total. The number of rotatable bonds is 1. The Morgan fingerprint density at radius 1 is 1.07 bits per heavy atom. The zero-order valence-corrected chi connectivity index (χ0v) is 7.27. The predicted octanol–water partition coefficient (Wildman–Crippen LogP) is 1.33. The van der Waals surface area contributed by atoms with Crippen LogP contribution in [0.1, 0.15) is 10.4 Å². The van der Waals surface area contributed by atoms with Gasteiger partial charge in [-0.15, -0.1) is 0 Å². The van der Waals surface area contributed by atoms with Crippen molar-refractivity contribution in [3.63, 3.8) is 0 Å². The predicted molar refractivity (Wildman–Crippen MR) is 61.1 cm³/mol. The molecule has 0 spiro atoms. The van der Waals surface area contributed by atoms with Crippen LogP contribution in [0.25, 0.3) is 10.8 Å². The van der Waals surface area contributed by atoms with Crippen molar-refractivity contribution in [3.05, 3.63) is 42.0 Å². The Balaban J connectivity index is 0.00000112. The molecule has 0 saturated carbocycles. The first-order chi connectivity index (χ1) is 6.68. The zero-order valence-electron chi connectivity index (χ0n) is 7.27. The van der Waals surface area contributed by atoms with E-state index in [0.29, 0.717) is 0 Å². The summed E-state index contributed by atoms with van der Waals surface area (Å²) in [6.07, 6.45) is 0. The van der Waals surface area contributed by atoms with Crippen LogP contribution in [0.4, 0.5) is 0 Å². The molecule has 0 aliphatic heterocycles. The molecule has 0 aliphatic rings. The number of carboxylic acid groups (broad SMARTS) is 1. The van der Waals surface area contributed by atoms with E-state index in [1.165, 1.54) is 12.1 Å². The molecule has 0 fully saturated rings. The van der Waals surface area contributed by atoms with Crippen LogP contribution >= 0.6 is 0 Å². The van der Waals surface area contributed by atoms with Gasteiger partial charge in [-0.3, -0.25) is 0 Å². The molecule has 0 unspecified atom stereocenters. The molecule has 74 valence electrons. The van der Waals surface area contributed by atoms with Gasteiger partial charge in [0, 0.05) is 0 Å². The minimum absolute atomic E-state index is 0. The molecular formula is C11H10CaO3. The summed E-state index contributed by atoms with van der Waals surface area (Å²) in [5.41, 5.74) is -0.0660. The molecule has 2 aromatic rings. The van der Waals surface area contributed by atoms with Gasteiger partial charge in [0.1, 0.15) is 11.3 Å². The molecule has 4 heteroatoms. The Morgan fingerprint density at radius 2 is 1.60 bits per heavy atom. The molecule has 0 atom stereocenters. The molecule has 0 radical (unpaired) electrons. The number of fused-ring (bicyclic) bond motifs is 1. The van der Waals surface area contributed by atoms with Gasteiger partial charge in [-0.2, -0.15) is 0 Å². The molecule has 15 heavy (non-hydrogen) atoms. The average Bonchev–Trinajstić information content (AvgIpc) is 2.16. The van der Waals surface area contributed by atoms with E-state index in [1.54, 1.807) is 6.07 Å². The van der Waals surface area contributed by atoms with Crippen LogP contribution in [0.15, 0.2) is 36.4 Å². The Morgan fingerprint density at radius 3 is 2.13 bits per heavy atom. The zero-order chi connectivity index (χ0) is 10.1. The van der Waals surface area contributed by atoms with Gasteiger partial charge in [-0.1, -0.05) is 24.3 Å². The number of benzene rings is 2. The summed E-state index contributed by atoms with van der Waals surface area (Å²) in [7, 11) is 0. The molecule has 0 aromatic heterocycles. The average molecular weight is 230 g/mol. The summed E-state index contributed by atoms with van der Waals surface area (Å²) < 4.78 is 0. The van der Waals surface area contributed by atoms with Gasteiger partial charge < -0.3 is 10.2 Å². The first-order valence-electron chi connectivity index (χ1n) is 4.13. The number of phenols is 1. The van der Waals surface area contributed by atoms with Gasteiger partial charge in [0.2, 0.25) is 0 Å². The van der Waals surface area contributed by atoms with Crippen LogP contribution in [-0.2, 0) is 0 Å². The quantitative estimate of drug-likeness (QED) is 0.727. The van der Waals surface area contributed by atoms with E-state index in [-0.39, 0.29) is 49.1 Å². The van der Waals surface area contributed by atoms with Crippen molar-refractivity contribution < 1.29 is 15.0 Å². The third kappa shape index (κ3) is 2.42. The standard InChI is InChI=1S/C11H8O3.Ca.2H/c12-10-6-8-4-2-1-3-7(8)5-9(10)11(13)14;;;/h1-6,12H,(H,13,14);;;. The summed E-state index contributed by atoms with van der Waals surface area (Å²) in [6, 6.07) is 10.2. The Kier molecular flexibility index (Phi) is 3.96. The molecule has 2 N–H and O–H groups in total. The van der Waals surface area contributed by atoms with Crippen molar-refractivity contribution >= 4 is 54.5 Å². The first kappa shape index (κ1) is 12.3. The molecule has 0 bridgehead atoms. The number of carbonyl (C=O) groups is 1. The van der Waals surface area contributed by atoms with Gasteiger partial charge >= 0.3 is 43.7 Å². The second-order valence-corrected chi connectivity index (χ2v) is 3.02. The van der Waals surface area contributed by atoms with Crippen molar-refractivity contribution in [1.29, 1.82) is 0 Å². The normalized spacial score (nSPS) is 9.60. The topological polar surface area (TPSA) is 57.5 Å². The fraction of sp³-hybridized carbons (Fsp3) is 0. The molecule has 0 saturated heterocycles. The van der Waals surface area contributed by atoms with Gasteiger partial charge in [0.25, 0.3) is 0 Å². The minimum atomic E-state index is -1.12. The van der Waals surface area contributed by atoms with Crippen LogP contribution in [0.5, 0.6) is 5.75 Å². The van der Waals surface area contributed by atoms with Crippen LogP contribution < -0.4 is 0 Å². The maximum absolute atomic E-state index is 10.7. The van der Waals surface area contributed by atoms with Crippen molar-refractivity contribution in [2.24, 2.45) is 0 Å². The van der Waals surface area contributed by atoms with Crippen LogP contribution in [0.2, 0.25) is 0 Å². The van der Waals surface area contributed by atoms with E-state index in [1.807, 2.05) is 18.2 Å². The van der Waals surface area contributed by atoms with Crippen LogP contribution in [0, 0.1) is 0 Å². The third-order valence-corrected chi connectivity index (χ3v) is 2.09. The van der Waals surface area contributed by atoms with E-state index in [0.717, 1.165) is 10.8 Å². The second-order valence-electron chi connectivity index (χ2n) is 3.02. The number of hydrogen-bond donors (Lipinski definition) is 2. The summed E-state index contributed by atoms with van der Waals surface area (Å²) in [4.78, 5) is 10.7. The van der Waals surface area contributed by atoms with Gasteiger partial charge in [0.15, 0.2) is 0 Å². The number of aromatic carboxylic acids is 1. The summed E-state index contributed by atoms with van der Waals surface area (Å²) in [5, 5.41) is 19.8. The van der Waals surface area contributed by atoms with E-state index in [4.69, 9.17) is 5.11 Å². The number of carboxylic acids is 1. The third-order valence-electron chi connectivity index (χ3n) is 2.09.